The van der Waals surface area contributed by atoms with Crippen LogP contribution in [0.2, 0.25) is 0 Å². The van der Waals surface area contributed by atoms with Gasteiger partial charge in [-0.2, -0.15) is 0 Å². The number of nitrogen functional groups attached to an aromatic ring is 1. The van der Waals surface area contributed by atoms with Gasteiger partial charge in [-0.3, -0.25) is 4.79 Å². The summed E-state index contributed by atoms with van der Waals surface area (Å²) in [5.41, 5.74) is 7.33. The molecule has 0 aromatic heterocycles. The van der Waals surface area contributed by atoms with Crippen molar-refractivity contribution < 1.29 is 9.53 Å². The number of carbonyl (C=O) groups excluding carboxylic acids is 1. The van der Waals surface area contributed by atoms with E-state index in [-0.39, 0.29) is 17.9 Å². The average molecular weight is 277 g/mol. The van der Waals surface area contributed by atoms with Crippen LogP contribution >= 0.6 is 0 Å². The molecule has 5 heteroatoms. The van der Waals surface area contributed by atoms with E-state index < -0.39 is 0 Å². The van der Waals surface area contributed by atoms with E-state index in [0.29, 0.717) is 18.7 Å². The molecule has 0 saturated carbocycles. The van der Waals surface area contributed by atoms with Gasteiger partial charge in [0.1, 0.15) is 11.9 Å². The molecule has 3 N–H and O–H groups in total. The van der Waals surface area contributed by atoms with Gasteiger partial charge in [-0.1, -0.05) is 6.92 Å². The Morgan fingerprint density at radius 3 is 2.95 bits per heavy atom. The smallest absolute Gasteiger partial charge is 0.226 e. The number of carbonyl (C=O) groups is 1. The Kier molecular flexibility index (Phi) is 4.49. The topological polar surface area (TPSA) is 67.6 Å². The Morgan fingerprint density at radius 2 is 2.25 bits per heavy atom. The third-order valence-electron chi connectivity index (χ3n) is 3.73. The molecule has 0 fully saturated rings. The summed E-state index contributed by atoms with van der Waals surface area (Å²) in [7, 11) is 3.74. The normalized spacial score (nSPS) is 23.4. The summed E-state index contributed by atoms with van der Waals surface area (Å²) in [6.07, 6.45) is 0.353. The number of anilines is 1. The van der Waals surface area contributed by atoms with Crippen molar-refractivity contribution in [3.05, 3.63) is 23.8 Å². The molecular weight excluding hydrogens is 254 g/mol. The Hall–Kier alpha value is -1.75. The number of rotatable bonds is 2. The van der Waals surface area contributed by atoms with E-state index in [2.05, 4.69) is 12.2 Å². The molecule has 0 spiro atoms. The number of nitrogens with zero attached hydrogens (tertiary/aromatic N) is 1. The summed E-state index contributed by atoms with van der Waals surface area (Å²) in [5, 5.41) is 3.15. The van der Waals surface area contributed by atoms with Crippen molar-refractivity contribution in [1.29, 1.82) is 0 Å². The molecule has 1 aliphatic heterocycles. The molecule has 0 aliphatic carbocycles. The van der Waals surface area contributed by atoms with Crippen LogP contribution in [-0.2, 0) is 11.2 Å². The lowest BCUT2D eigenvalue weighted by Crippen LogP contribution is -2.41. The van der Waals surface area contributed by atoms with E-state index >= 15 is 0 Å². The van der Waals surface area contributed by atoms with Crippen LogP contribution in [0.15, 0.2) is 18.2 Å². The molecule has 2 rings (SSSR count). The molecule has 1 amide bonds. The average Bonchev–Trinajstić information content (AvgIpc) is 2.43. The number of amides is 1. The zero-order valence-corrected chi connectivity index (χ0v) is 12.3. The minimum atomic E-state index is 0.0238. The summed E-state index contributed by atoms with van der Waals surface area (Å²) in [4.78, 5) is 14.0. The highest BCUT2D eigenvalue weighted by Gasteiger charge is 2.26. The summed E-state index contributed by atoms with van der Waals surface area (Å²) in [6, 6.07) is 5.50. The lowest BCUT2D eigenvalue weighted by molar-refractivity contribution is -0.129. The van der Waals surface area contributed by atoms with Gasteiger partial charge in [0.05, 0.1) is 6.42 Å². The number of hydrogen-bond donors (Lipinski definition) is 2. The molecule has 1 aliphatic rings. The first kappa shape index (κ1) is 14.7. The van der Waals surface area contributed by atoms with E-state index in [0.717, 1.165) is 17.9 Å². The van der Waals surface area contributed by atoms with E-state index in [1.165, 1.54) is 0 Å². The van der Waals surface area contributed by atoms with Crippen LogP contribution in [0.4, 0.5) is 5.69 Å². The molecular formula is C15H23N3O2. The Labute approximate surface area is 120 Å². The van der Waals surface area contributed by atoms with Gasteiger partial charge in [-0.15, -0.1) is 0 Å². The van der Waals surface area contributed by atoms with Crippen LogP contribution in [0, 0.1) is 5.92 Å². The van der Waals surface area contributed by atoms with Gasteiger partial charge in [-0.25, -0.2) is 0 Å². The number of fused-ring (bicyclic) bond motifs is 1. The first-order valence-electron chi connectivity index (χ1n) is 6.95. The SMILES string of the molecule is CNC[C@@H]1Oc2ccc(N)cc2CC(=O)N(C)C[C@@H]1C. The standard InChI is InChI=1S/C15H23N3O2/c1-10-9-18(3)15(19)7-11-6-12(16)4-5-13(11)20-14(10)8-17-2/h4-6,10,14,17H,7-9,16H2,1-3H3/t10-,14-/m0/s1. The van der Waals surface area contributed by atoms with Crippen molar-refractivity contribution >= 4 is 11.6 Å². The van der Waals surface area contributed by atoms with Crippen LogP contribution in [0.1, 0.15) is 12.5 Å². The maximum Gasteiger partial charge on any atom is 0.226 e. The second-order valence-electron chi connectivity index (χ2n) is 5.51. The van der Waals surface area contributed by atoms with Crippen LogP contribution in [-0.4, -0.2) is 44.1 Å². The second kappa shape index (κ2) is 6.13. The molecule has 1 heterocycles. The van der Waals surface area contributed by atoms with Crippen molar-refractivity contribution in [2.45, 2.75) is 19.4 Å². The highest BCUT2D eigenvalue weighted by molar-refractivity contribution is 5.79. The molecule has 1 aromatic rings. The fourth-order valence-electron chi connectivity index (χ4n) is 2.53. The molecule has 1 aromatic carbocycles. The fourth-order valence-corrected chi connectivity index (χ4v) is 2.53. The van der Waals surface area contributed by atoms with E-state index in [4.69, 9.17) is 10.5 Å². The second-order valence-corrected chi connectivity index (χ2v) is 5.51. The zero-order chi connectivity index (χ0) is 14.7. The fraction of sp³-hybridized carbons (Fsp3) is 0.533. The Bertz CT molecular complexity index is 490. The number of nitrogens with two attached hydrogens (primary N) is 1. The maximum atomic E-state index is 12.2. The Balaban J connectivity index is 2.37. The number of likely N-dealkylation sites (N-methyl/N-ethyl adjacent to an activating group) is 2. The lowest BCUT2D eigenvalue weighted by Gasteiger charge is -2.27. The van der Waals surface area contributed by atoms with Crippen molar-refractivity contribution in [1.82, 2.24) is 10.2 Å². The molecule has 5 nitrogen and oxygen atoms in total. The predicted molar refractivity (Wildman–Crippen MR) is 79.7 cm³/mol. The molecule has 0 saturated heterocycles. The first-order valence-corrected chi connectivity index (χ1v) is 6.95. The minimum Gasteiger partial charge on any atom is -0.488 e. The number of benzene rings is 1. The molecule has 2 atom stereocenters. The quantitative estimate of drug-likeness (QED) is 0.788. The molecule has 0 radical (unpaired) electrons. The van der Waals surface area contributed by atoms with Gasteiger partial charge in [0.2, 0.25) is 5.91 Å². The summed E-state index contributed by atoms with van der Waals surface area (Å²) >= 11 is 0. The molecule has 0 bridgehead atoms. The molecule has 0 unspecified atom stereocenters. The van der Waals surface area contributed by atoms with Gasteiger partial charge < -0.3 is 20.7 Å². The van der Waals surface area contributed by atoms with Gasteiger partial charge >= 0.3 is 0 Å². The third-order valence-corrected chi connectivity index (χ3v) is 3.73. The summed E-state index contributed by atoms with van der Waals surface area (Å²) in [5.74, 6) is 1.10. The highest BCUT2D eigenvalue weighted by Crippen LogP contribution is 2.26. The molecule has 20 heavy (non-hydrogen) atoms. The van der Waals surface area contributed by atoms with E-state index in [1.54, 1.807) is 4.90 Å². The van der Waals surface area contributed by atoms with Crippen molar-refractivity contribution in [2.75, 3.05) is 32.9 Å². The predicted octanol–water partition coefficient (Wildman–Crippen LogP) is 0.886. The zero-order valence-electron chi connectivity index (χ0n) is 12.3. The first-order chi connectivity index (χ1) is 9.51. The maximum absolute atomic E-state index is 12.2. The monoisotopic (exact) mass is 277 g/mol. The number of nitrogens with one attached hydrogen (secondary N) is 1. The van der Waals surface area contributed by atoms with Crippen LogP contribution in [0.3, 0.4) is 0 Å². The third kappa shape index (κ3) is 3.22. The van der Waals surface area contributed by atoms with Gasteiger partial charge in [0.15, 0.2) is 0 Å². The minimum absolute atomic E-state index is 0.0238. The van der Waals surface area contributed by atoms with Crippen LogP contribution < -0.4 is 15.8 Å². The van der Waals surface area contributed by atoms with Crippen molar-refractivity contribution in [3.63, 3.8) is 0 Å². The van der Waals surface area contributed by atoms with E-state index in [9.17, 15) is 4.79 Å². The van der Waals surface area contributed by atoms with Gasteiger partial charge in [-0.05, 0) is 25.2 Å². The van der Waals surface area contributed by atoms with Crippen LogP contribution in [0.25, 0.3) is 0 Å². The Morgan fingerprint density at radius 1 is 1.50 bits per heavy atom. The number of hydrogen-bond acceptors (Lipinski definition) is 4. The van der Waals surface area contributed by atoms with Crippen LogP contribution in [0.5, 0.6) is 5.75 Å². The van der Waals surface area contributed by atoms with E-state index in [1.807, 2.05) is 32.3 Å². The van der Waals surface area contributed by atoms with Crippen molar-refractivity contribution in [2.24, 2.45) is 5.92 Å². The summed E-state index contributed by atoms with van der Waals surface area (Å²) < 4.78 is 6.12. The molecule has 110 valence electrons. The largest absolute Gasteiger partial charge is 0.488 e. The van der Waals surface area contributed by atoms with Gasteiger partial charge in [0.25, 0.3) is 0 Å². The van der Waals surface area contributed by atoms with Crippen molar-refractivity contribution in [3.8, 4) is 5.75 Å². The number of ether oxygens (including phenoxy) is 1. The lowest BCUT2D eigenvalue weighted by atomic mass is 10.0. The summed E-state index contributed by atoms with van der Waals surface area (Å²) in [6.45, 7) is 3.54. The highest BCUT2D eigenvalue weighted by atomic mass is 16.5. The van der Waals surface area contributed by atoms with Gasteiger partial charge in [0, 0.05) is 37.3 Å².